The van der Waals surface area contributed by atoms with Crippen molar-refractivity contribution in [3.63, 3.8) is 0 Å². The van der Waals surface area contributed by atoms with E-state index >= 15 is 0 Å². The van der Waals surface area contributed by atoms with Gasteiger partial charge >= 0.3 is 0 Å². The Morgan fingerprint density at radius 3 is 2.31 bits per heavy atom. The molecule has 0 aliphatic carbocycles. The van der Waals surface area contributed by atoms with Gasteiger partial charge in [0.1, 0.15) is 5.15 Å². The lowest BCUT2D eigenvalue weighted by atomic mass is 10.2. The summed E-state index contributed by atoms with van der Waals surface area (Å²) in [7, 11) is 0. The van der Waals surface area contributed by atoms with Gasteiger partial charge < -0.3 is 0 Å². The first kappa shape index (κ1) is 12.5. The maximum Gasteiger partial charge on any atom is 0.250 e. The number of alkyl halides is 3. The molecule has 0 saturated carbocycles. The molecule has 0 atom stereocenters. The monoisotopic (exact) mass is 314 g/mol. The van der Waals surface area contributed by atoms with E-state index in [4.69, 9.17) is 58.0 Å². The van der Waals surface area contributed by atoms with Crippen LogP contribution < -0.4 is 0 Å². The van der Waals surface area contributed by atoms with Crippen LogP contribution in [0.5, 0.6) is 0 Å². The van der Waals surface area contributed by atoms with Gasteiger partial charge in [-0.3, -0.25) is 0 Å². The number of rotatable bonds is 0. The number of aromatic nitrogens is 2. The second kappa shape index (κ2) is 4.35. The number of fused-ring (bicyclic) bond motifs is 1. The molecule has 1 heterocycles. The highest BCUT2D eigenvalue weighted by atomic mass is 35.6. The van der Waals surface area contributed by atoms with E-state index in [9.17, 15) is 0 Å². The third-order valence-electron chi connectivity index (χ3n) is 1.87. The SMILES string of the molecule is Clc1ccc2c(Cl)nc(C(Cl)(Cl)Cl)nc2c1. The van der Waals surface area contributed by atoms with E-state index in [1.165, 1.54) is 0 Å². The van der Waals surface area contributed by atoms with E-state index < -0.39 is 3.79 Å². The molecule has 2 rings (SSSR count). The molecule has 16 heavy (non-hydrogen) atoms. The summed E-state index contributed by atoms with van der Waals surface area (Å²) in [5.74, 6) is 0.0252. The Labute approximate surface area is 116 Å². The molecular formula is C9H3Cl5N2. The lowest BCUT2D eigenvalue weighted by Crippen LogP contribution is -2.07. The van der Waals surface area contributed by atoms with Crippen LogP contribution in [0.25, 0.3) is 10.9 Å². The van der Waals surface area contributed by atoms with Crippen LogP contribution in [0.2, 0.25) is 10.2 Å². The van der Waals surface area contributed by atoms with Crippen LogP contribution in [0.3, 0.4) is 0 Å². The van der Waals surface area contributed by atoms with E-state index in [1.54, 1.807) is 18.2 Å². The van der Waals surface area contributed by atoms with E-state index in [-0.39, 0.29) is 11.0 Å². The zero-order valence-corrected chi connectivity index (χ0v) is 11.3. The first-order chi connectivity index (χ1) is 7.38. The van der Waals surface area contributed by atoms with Crippen molar-refractivity contribution in [3.8, 4) is 0 Å². The number of nitrogens with zero attached hydrogens (tertiary/aromatic N) is 2. The Balaban J connectivity index is 2.75. The largest absolute Gasteiger partial charge is 0.250 e. The first-order valence-corrected chi connectivity index (χ1v) is 5.97. The Morgan fingerprint density at radius 1 is 1.00 bits per heavy atom. The highest BCUT2D eigenvalue weighted by Crippen LogP contribution is 2.37. The van der Waals surface area contributed by atoms with Gasteiger partial charge in [0.2, 0.25) is 3.79 Å². The Morgan fingerprint density at radius 2 is 1.69 bits per heavy atom. The van der Waals surface area contributed by atoms with Gasteiger partial charge in [-0.1, -0.05) is 58.0 Å². The Kier molecular flexibility index (Phi) is 3.39. The van der Waals surface area contributed by atoms with Crippen LogP contribution in [0.4, 0.5) is 0 Å². The van der Waals surface area contributed by atoms with Crippen LogP contribution in [0.1, 0.15) is 5.82 Å². The summed E-state index contributed by atoms with van der Waals surface area (Å²) in [5.41, 5.74) is 0.536. The molecule has 0 unspecified atom stereocenters. The number of halogens is 5. The standard InChI is InChI=1S/C9H3Cl5N2/c10-4-1-2-5-6(3-4)15-8(9(12,13)14)16-7(5)11/h1-3H. The Hall–Kier alpha value is 0.01000. The molecule has 84 valence electrons. The molecule has 0 saturated heterocycles. The molecule has 0 bridgehead atoms. The lowest BCUT2D eigenvalue weighted by molar-refractivity contribution is 0.996. The summed E-state index contributed by atoms with van der Waals surface area (Å²) in [5, 5.41) is 1.41. The zero-order chi connectivity index (χ0) is 11.9. The van der Waals surface area contributed by atoms with Crippen LogP contribution in [-0.4, -0.2) is 9.97 Å². The molecule has 2 nitrogen and oxygen atoms in total. The molecule has 0 aliphatic heterocycles. The predicted octanol–water partition coefficient (Wildman–Crippen LogP) is 4.76. The summed E-state index contributed by atoms with van der Waals surface area (Å²) in [6.45, 7) is 0. The van der Waals surface area contributed by atoms with Gasteiger partial charge in [0.25, 0.3) is 0 Å². The average molecular weight is 316 g/mol. The molecule has 2 aromatic rings. The van der Waals surface area contributed by atoms with Crippen molar-refractivity contribution in [2.24, 2.45) is 0 Å². The fourth-order valence-electron chi connectivity index (χ4n) is 1.19. The summed E-state index contributed by atoms with van der Waals surface area (Å²) < 4.78 is -1.71. The van der Waals surface area contributed by atoms with Gasteiger partial charge in [0, 0.05) is 10.4 Å². The zero-order valence-electron chi connectivity index (χ0n) is 7.52. The smallest absolute Gasteiger partial charge is 0.228 e. The fraction of sp³-hybridized carbons (Fsp3) is 0.111. The van der Waals surface area contributed by atoms with Crippen LogP contribution >= 0.6 is 58.0 Å². The van der Waals surface area contributed by atoms with Crippen molar-refractivity contribution >= 4 is 68.9 Å². The summed E-state index contributed by atoms with van der Waals surface area (Å²) >= 11 is 28.8. The van der Waals surface area contributed by atoms with Crippen molar-refractivity contribution in [1.82, 2.24) is 9.97 Å². The van der Waals surface area contributed by atoms with Gasteiger partial charge in [0.05, 0.1) is 5.52 Å². The number of hydrogen-bond donors (Lipinski definition) is 0. The summed E-state index contributed by atoms with van der Waals surface area (Å²) in [6.07, 6.45) is 0. The quantitative estimate of drug-likeness (QED) is 0.517. The predicted molar refractivity (Wildman–Crippen MR) is 68.8 cm³/mol. The number of benzene rings is 1. The third-order valence-corrected chi connectivity index (χ3v) is 2.90. The van der Waals surface area contributed by atoms with E-state index in [2.05, 4.69) is 9.97 Å². The Bertz CT molecular complexity index is 549. The van der Waals surface area contributed by atoms with Crippen LogP contribution in [0, 0.1) is 0 Å². The second-order valence-corrected chi connectivity index (χ2v) is 6.07. The molecule has 0 N–H and O–H groups in total. The van der Waals surface area contributed by atoms with Gasteiger partial charge in [-0.2, -0.15) is 0 Å². The fourth-order valence-corrected chi connectivity index (χ4v) is 1.85. The summed E-state index contributed by atoms with van der Waals surface area (Å²) in [4.78, 5) is 8.01. The van der Waals surface area contributed by atoms with Crippen molar-refractivity contribution < 1.29 is 0 Å². The highest BCUT2D eigenvalue weighted by molar-refractivity contribution is 6.66. The highest BCUT2D eigenvalue weighted by Gasteiger charge is 2.27. The molecule has 0 amide bonds. The lowest BCUT2D eigenvalue weighted by Gasteiger charge is -2.10. The van der Waals surface area contributed by atoms with Gasteiger partial charge in [-0.15, -0.1) is 0 Å². The molecular weight excluding hydrogens is 313 g/mol. The second-order valence-electron chi connectivity index (χ2n) is 3.00. The molecule has 7 heteroatoms. The maximum absolute atomic E-state index is 5.95. The minimum Gasteiger partial charge on any atom is -0.228 e. The summed E-state index contributed by atoms with van der Waals surface area (Å²) in [6, 6.07) is 5.03. The molecule has 1 aromatic carbocycles. The van der Waals surface area contributed by atoms with Crippen LogP contribution in [0.15, 0.2) is 18.2 Å². The molecule has 0 aliphatic rings. The van der Waals surface area contributed by atoms with E-state index in [1.807, 2.05) is 0 Å². The van der Waals surface area contributed by atoms with Crippen molar-refractivity contribution in [1.29, 1.82) is 0 Å². The normalized spacial score (nSPS) is 12.1. The van der Waals surface area contributed by atoms with E-state index in [0.717, 1.165) is 0 Å². The minimum atomic E-state index is -1.71. The topological polar surface area (TPSA) is 25.8 Å². The maximum atomic E-state index is 5.95. The first-order valence-electron chi connectivity index (χ1n) is 4.08. The van der Waals surface area contributed by atoms with Gasteiger partial charge in [-0.25, -0.2) is 9.97 Å². The number of hydrogen-bond acceptors (Lipinski definition) is 2. The van der Waals surface area contributed by atoms with Crippen molar-refractivity contribution in [3.05, 3.63) is 34.2 Å². The average Bonchev–Trinajstić information content (AvgIpc) is 2.15. The van der Waals surface area contributed by atoms with Gasteiger partial charge in [-0.05, 0) is 18.2 Å². The van der Waals surface area contributed by atoms with Crippen molar-refractivity contribution in [2.45, 2.75) is 3.79 Å². The van der Waals surface area contributed by atoms with Gasteiger partial charge in [0.15, 0.2) is 5.82 Å². The van der Waals surface area contributed by atoms with E-state index in [0.29, 0.717) is 15.9 Å². The molecule has 0 spiro atoms. The minimum absolute atomic E-state index is 0.0252. The third kappa shape index (κ3) is 2.47. The molecule has 0 radical (unpaired) electrons. The van der Waals surface area contributed by atoms with Crippen LogP contribution in [-0.2, 0) is 3.79 Å². The molecule has 1 aromatic heterocycles. The molecule has 0 fully saturated rings. The van der Waals surface area contributed by atoms with Crippen molar-refractivity contribution in [2.75, 3.05) is 0 Å².